The normalized spacial score (nSPS) is 29.5. The second kappa shape index (κ2) is 6.47. The van der Waals surface area contributed by atoms with Gasteiger partial charge in [-0.1, -0.05) is 18.2 Å². The van der Waals surface area contributed by atoms with Gasteiger partial charge in [0.1, 0.15) is 12.2 Å². The molecule has 4 atom stereocenters. The maximum absolute atomic E-state index is 9.89. The summed E-state index contributed by atoms with van der Waals surface area (Å²) in [6.07, 6.45) is -2.32. The van der Waals surface area contributed by atoms with Crippen LogP contribution in [0.2, 0.25) is 0 Å². The van der Waals surface area contributed by atoms with Gasteiger partial charge < -0.3 is 30.6 Å². The van der Waals surface area contributed by atoms with Crippen molar-refractivity contribution in [1.82, 2.24) is 4.90 Å². The summed E-state index contributed by atoms with van der Waals surface area (Å²) < 4.78 is 0. The summed E-state index contributed by atoms with van der Waals surface area (Å²) >= 11 is 5.26. The monoisotopic (exact) mass is 298 g/mol. The Morgan fingerprint density at radius 3 is 2.00 bits per heavy atom. The van der Waals surface area contributed by atoms with Gasteiger partial charge in [0.25, 0.3) is 0 Å². The van der Waals surface area contributed by atoms with E-state index in [2.05, 4.69) is 5.32 Å². The quantitative estimate of drug-likeness (QED) is 0.464. The molecule has 1 fully saturated rings. The maximum atomic E-state index is 9.89. The van der Waals surface area contributed by atoms with Crippen molar-refractivity contribution in [3.05, 3.63) is 30.3 Å². The summed E-state index contributed by atoms with van der Waals surface area (Å²) in [5.74, 6) is 0. The van der Waals surface area contributed by atoms with Crippen LogP contribution in [0.15, 0.2) is 30.3 Å². The average molecular weight is 298 g/mol. The Kier molecular flexibility index (Phi) is 4.90. The molecule has 7 heteroatoms. The molecular weight excluding hydrogens is 280 g/mol. The first-order chi connectivity index (χ1) is 9.60. The zero-order valence-corrected chi connectivity index (χ0v) is 11.6. The van der Waals surface area contributed by atoms with Crippen molar-refractivity contribution in [3.8, 4) is 0 Å². The summed E-state index contributed by atoms with van der Waals surface area (Å²) in [7, 11) is 0. The number of aliphatic hydroxyl groups is 4. The van der Waals surface area contributed by atoms with Crippen molar-refractivity contribution >= 4 is 23.0 Å². The average Bonchev–Trinajstić information content (AvgIpc) is 2.71. The summed E-state index contributed by atoms with van der Waals surface area (Å²) in [6.45, 7) is -0.739. The zero-order chi connectivity index (χ0) is 14.7. The lowest BCUT2D eigenvalue weighted by Crippen LogP contribution is -2.48. The predicted octanol–water partition coefficient (Wildman–Crippen LogP) is -0.857. The number of rotatable bonds is 3. The number of aliphatic hydroxyl groups excluding tert-OH is 4. The number of thiocarbonyl (C=S) groups is 1. The van der Waals surface area contributed by atoms with Crippen molar-refractivity contribution in [2.45, 2.75) is 24.3 Å². The third kappa shape index (κ3) is 2.77. The van der Waals surface area contributed by atoms with Crippen LogP contribution in [-0.2, 0) is 0 Å². The number of hydrogen-bond acceptors (Lipinski definition) is 5. The Bertz CT molecular complexity index is 443. The first-order valence-corrected chi connectivity index (χ1v) is 6.73. The zero-order valence-electron chi connectivity index (χ0n) is 10.8. The molecule has 1 aliphatic heterocycles. The number of anilines is 1. The molecule has 110 valence electrons. The number of likely N-dealkylation sites (tertiary alicyclic amines) is 1. The minimum Gasteiger partial charge on any atom is -0.394 e. The molecular formula is C13H18N2O4S. The minimum absolute atomic E-state index is 0.241. The van der Waals surface area contributed by atoms with E-state index >= 15 is 0 Å². The smallest absolute Gasteiger partial charge is 0.174 e. The van der Waals surface area contributed by atoms with Gasteiger partial charge in [-0.15, -0.1) is 0 Å². The first kappa shape index (κ1) is 15.1. The molecule has 0 amide bonds. The summed E-state index contributed by atoms with van der Waals surface area (Å²) in [4.78, 5) is 1.46. The van der Waals surface area contributed by atoms with Gasteiger partial charge in [0.05, 0.1) is 25.3 Å². The van der Waals surface area contributed by atoms with Crippen molar-refractivity contribution in [1.29, 1.82) is 0 Å². The van der Waals surface area contributed by atoms with Crippen molar-refractivity contribution in [2.24, 2.45) is 0 Å². The molecule has 0 unspecified atom stereocenters. The second-order valence-electron chi connectivity index (χ2n) is 4.68. The van der Waals surface area contributed by atoms with Crippen LogP contribution in [0.5, 0.6) is 0 Å². The molecule has 0 saturated carbocycles. The highest BCUT2D eigenvalue weighted by atomic mass is 32.1. The van der Waals surface area contributed by atoms with Crippen LogP contribution in [0.25, 0.3) is 0 Å². The van der Waals surface area contributed by atoms with Crippen molar-refractivity contribution in [2.75, 3.05) is 18.5 Å². The van der Waals surface area contributed by atoms with E-state index in [9.17, 15) is 20.4 Å². The SMILES string of the molecule is OC[C@@H]1[C@@H](O)[C@H](O)[C@@H](CO)N1C(=S)Nc1ccccc1. The number of hydrogen-bond donors (Lipinski definition) is 5. The van der Waals surface area contributed by atoms with E-state index in [0.717, 1.165) is 5.69 Å². The van der Waals surface area contributed by atoms with E-state index in [1.54, 1.807) is 0 Å². The fourth-order valence-corrected chi connectivity index (χ4v) is 2.82. The van der Waals surface area contributed by atoms with Crippen LogP contribution in [0, 0.1) is 0 Å². The summed E-state index contributed by atoms with van der Waals surface area (Å²) in [5.41, 5.74) is 0.752. The summed E-state index contributed by atoms with van der Waals surface area (Å²) in [5, 5.41) is 41.7. The van der Waals surface area contributed by atoms with Crippen LogP contribution < -0.4 is 5.32 Å². The topological polar surface area (TPSA) is 96.2 Å². The number of nitrogens with zero attached hydrogens (tertiary/aromatic N) is 1. The fraction of sp³-hybridized carbons (Fsp3) is 0.462. The Labute approximate surface area is 122 Å². The second-order valence-corrected chi connectivity index (χ2v) is 5.07. The van der Waals surface area contributed by atoms with Crippen LogP contribution in [0.4, 0.5) is 5.69 Å². The molecule has 1 saturated heterocycles. The molecule has 0 radical (unpaired) electrons. The van der Waals surface area contributed by atoms with Crippen LogP contribution in [0.1, 0.15) is 0 Å². The predicted molar refractivity (Wildman–Crippen MR) is 78.3 cm³/mol. The van der Waals surface area contributed by atoms with E-state index in [1.165, 1.54) is 4.90 Å². The Balaban J connectivity index is 2.17. The minimum atomic E-state index is -1.16. The molecule has 1 aromatic rings. The Hall–Kier alpha value is -1.25. The molecule has 1 heterocycles. The fourth-order valence-electron chi connectivity index (χ4n) is 2.43. The van der Waals surface area contributed by atoms with Gasteiger partial charge >= 0.3 is 0 Å². The molecule has 0 bridgehead atoms. The van der Waals surface area contributed by atoms with Crippen molar-refractivity contribution < 1.29 is 20.4 Å². The van der Waals surface area contributed by atoms with Gasteiger partial charge in [-0.3, -0.25) is 0 Å². The van der Waals surface area contributed by atoms with Crippen LogP contribution >= 0.6 is 12.2 Å². The van der Waals surface area contributed by atoms with Gasteiger partial charge in [0, 0.05) is 5.69 Å². The van der Waals surface area contributed by atoms with Gasteiger partial charge in [-0.05, 0) is 24.4 Å². The number of nitrogens with one attached hydrogen (secondary N) is 1. The lowest BCUT2D eigenvalue weighted by molar-refractivity contribution is 0.0130. The highest BCUT2D eigenvalue weighted by Crippen LogP contribution is 2.26. The standard InChI is InChI=1S/C13H18N2O4S/c16-6-9-11(18)12(19)10(7-17)15(9)13(20)14-8-4-2-1-3-5-8/h1-5,9-12,16-19H,6-7H2,(H,14,20)/t9-,10-,11-,12-/m1/s1. The third-order valence-electron chi connectivity index (χ3n) is 3.49. The molecule has 1 aromatic carbocycles. The third-order valence-corrected chi connectivity index (χ3v) is 3.80. The number of benzene rings is 1. The first-order valence-electron chi connectivity index (χ1n) is 6.32. The highest BCUT2D eigenvalue weighted by Gasteiger charge is 2.48. The highest BCUT2D eigenvalue weighted by molar-refractivity contribution is 7.80. The molecule has 1 aliphatic rings. The van der Waals surface area contributed by atoms with E-state index in [1.807, 2.05) is 30.3 Å². The van der Waals surface area contributed by atoms with Crippen LogP contribution in [0.3, 0.4) is 0 Å². The van der Waals surface area contributed by atoms with Gasteiger partial charge in [-0.2, -0.15) is 0 Å². The van der Waals surface area contributed by atoms with Crippen molar-refractivity contribution in [3.63, 3.8) is 0 Å². The largest absolute Gasteiger partial charge is 0.394 e. The van der Waals surface area contributed by atoms with Crippen LogP contribution in [-0.4, -0.2) is 67.9 Å². The van der Waals surface area contributed by atoms with Gasteiger partial charge in [-0.25, -0.2) is 0 Å². The molecule has 0 aliphatic carbocycles. The molecule has 5 N–H and O–H groups in total. The van der Waals surface area contributed by atoms with E-state index in [-0.39, 0.29) is 18.3 Å². The molecule has 20 heavy (non-hydrogen) atoms. The van der Waals surface area contributed by atoms with Gasteiger partial charge in [0.2, 0.25) is 0 Å². The Morgan fingerprint density at radius 1 is 1.05 bits per heavy atom. The lowest BCUT2D eigenvalue weighted by Gasteiger charge is -2.31. The van der Waals surface area contributed by atoms with E-state index < -0.39 is 24.3 Å². The molecule has 6 nitrogen and oxygen atoms in total. The van der Waals surface area contributed by atoms with Gasteiger partial charge in [0.15, 0.2) is 5.11 Å². The lowest BCUT2D eigenvalue weighted by atomic mass is 10.1. The maximum Gasteiger partial charge on any atom is 0.174 e. The van der Waals surface area contributed by atoms with E-state index in [4.69, 9.17) is 12.2 Å². The number of para-hydroxylation sites is 1. The molecule has 2 rings (SSSR count). The summed E-state index contributed by atoms with van der Waals surface area (Å²) in [6, 6.07) is 7.69. The van der Waals surface area contributed by atoms with E-state index in [0.29, 0.717) is 0 Å². The molecule has 0 spiro atoms. The Morgan fingerprint density at radius 2 is 1.55 bits per heavy atom. The molecule has 0 aromatic heterocycles.